The minimum atomic E-state index is -3.67. The van der Waals surface area contributed by atoms with Crippen LogP contribution in [0.1, 0.15) is 48.7 Å². The quantitative estimate of drug-likeness (QED) is 0.734. The maximum atomic E-state index is 13.1. The molecule has 5 nitrogen and oxygen atoms in total. The van der Waals surface area contributed by atoms with Gasteiger partial charge in [0.1, 0.15) is 0 Å². The summed E-state index contributed by atoms with van der Waals surface area (Å²) in [6, 6.07) is 11.2. The van der Waals surface area contributed by atoms with Gasteiger partial charge >= 0.3 is 0 Å². The van der Waals surface area contributed by atoms with Gasteiger partial charge in [0.2, 0.25) is 10.0 Å². The van der Waals surface area contributed by atoms with Crippen molar-refractivity contribution < 1.29 is 13.2 Å². The molecule has 0 spiro atoms. The molecule has 0 bridgehead atoms. The van der Waals surface area contributed by atoms with E-state index in [0.717, 1.165) is 18.4 Å². The summed E-state index contributed by atoms with van der Waals surface area (Å²) in [5.41, 5.74) is 1.27. The zero-order chi connectivity index (χ0) is 20.5. The number of amides is 1. The number of likely N-dealkylation sites (tertiary alicyclic amines) is 1. The van der Waals surface area contributed by atoms with E-state index in [1.807, 2.05) is 6.07 Å². The van der Waals surface area contributed by atoms with E-state index in [2.05, 4.69) is 4.72 Å². The van der Waals surface area contributed by atoms with Crippen molar-refractivity contribution in [2.75, 3.05) is 6.54 Å². The fraction of sp³-hybridized carbons (Fsp3) is 0.350. The number of rotatable bonds is 5. The van der Waals surface area contributed by atoms with Crippen molar-refractivity contribution in [2.24, 2.45) is 0 Å². The van der Waals surface area contributed by atoms with Gasteiger partial charge in [-0.25, -0.2) is 13.1 Å². The molecule has 1 heterocycles. The second-order valence-corrected chi connectivity index (χ2v) is 9.66. The summed E-state index contributed by atoms with van der Waals surface area (Å²) < 4.78 is 27.4. The molecule has 28 heavy (non-hydrogen) atoms. The molecule has 8 heteroatoms. The van der Waals surface area contributed by atoms with Crippen LogP contribution in [0.4, 0.5) is 0 Å². The van der Waals surface area contributed by atoms with Crippen molar-refractivity contribution in [1.82, 2.24) is 9.62 Å². The van der Waals surface area contributed by atoms with E-state index >= 15 is 0 Å². The molecule has 2 aromatic rings. The molecule has 0 radical (unpaired) electrons. The van der Waals surface area contributed by atoms with Gasteiger partial charge in [0, 0.05) is 18.2 Å². The van der Waals surface area contributed by atoms with Crippen molar-refractivity contribution >= 4 is 39.1 Å². The van der Waals surface area contributed by atoms with Gasteiger partial charge in [-0.2, -0.15) is 0 Å². The van der Waals surface area contributed by atoms with Gasteiger partial charge in [0.25, 0.3) is 5.91 Å². The average molecular weight is 441 g/mol. The molecule has 1 atom stereocenters. The van der Waals surface area contributed by atoms with E-state index in [0.29, 0.717) is 22.2 Å². The Morgan fingerprint density at radius 2 is 1.89 bits per heavy atom. The molecule has 150 valence electrons. The smallest absolute Gasteiger partial charge is 0.254 e. The maximum Gasteiger partial charge on any atom is 0.254 e. The summed E-state index contributed by atoms with van der Waals surface area (Å²) in [6.45, 7) is 4.10. The first-order valence-corrected chi connectivity index (χ1v) is 11.3. The summed E-state index contributed by atoms with van der Waals surface area (Å²) >= 11 is 12.1. The van der Waals surface area contributed by atoms with Gasteiger partial charge in [-0.15, -0.1) is 0 Å². The predicted octanol–water partition coefficient (Wildman–Crippen LogP) is 4.66. The minimum absolute atomic E-state index is 0.0809. The molecular weight excluding hydrogens is 419 g/mol. The third kappa shape index (κ3) is 4.51. The lowest BCUT2D eigenvalue weighted by Crippen LogP contribution is -2.32. The molecule has 1 aliphatic heterocycles. The molecule has 1 saturated heterocycles. The summed E-state index contributed by atoms with van der Waals surface area (Å²) in [5, 5.41) is 0.920. The van der Waals surface area contributed by atoms with Crippen LogP contribution in [0.25, 0.3) is 0 Å². The average Bonchev–Trinajstić information content (AvgIpc) is 3.12. The number of benzene rings is 2. The summed E-state index contributed by atoms with van der Waals surface area (Å²) in [6.07, 6.45) is 1.68. The van der Waals surface area contributed by atoms with E-state index < -0.39 is 10.0 Å². The number of carbonyl (C=O) groups is 1. The van der Waals surface area contributed by atoms with Gasteiger partial charge in [0.15, 0.2) is 0 Å². The number of nitrogens with zero attached hydrogens (tertiary/aromatic N) is 1. The van der Waals surface area contributed by atoms with Crippen LogP contribution < -0.4 is 4.72 Å². The number of sulfonamides is 1. The first kappa shape index (κ1) is 21.1. The highest BCUT2D eigenvalue weighted by atomic mass is 35.5. The third-order valence-electron chi connectivity index (χ3n) is 4.62. The number of nitrogens with one attached hydrogen (secondary N) is 1. The van der Waals surface area contributed by atoms with E-state index in [1.54, 1.807) is 43.0 Å². The van der Waals surface area contributed by atoms with Gasteiger partial charge in [-0.05, 0) is 62.6 Å². The molecule has 1 N–H and O–H groups in total. The normalized spacial score (nSPS) is 17.3. The summed E-state index contributed by atoms with van der Waals surface area (Å²) in [4.78, 5) is 15.0. The standard InChI is InChI=1S/C20H22Cl2N2O3S/c1-13(2)23-28(26,27)16-6-3-5-15(11-16)20(25)24-10-4-7-19(24)14-8-9-17(21)18(22)12-14/h3,5-6,8-9,11-13,19,23H,4,7,10H2,1-2H3. The molecule has 2 aromatic carbocycles. The highest BCUT2D eigenvalue weighted by molar-refractivity contribution is 7.89. The molecule has 1 amide bonds. The van der Waals surface area contributed by atoms with Crippen LogP contribution >= 0.6 is 23.2 Å². The largest absolute Gasteiger partial charge is 0.332 e. The molecule has 0 aliphatic carbocycles. The molecule has 0 aromatic heterocycles. The molecule has 0 saturated carbocycles. The Bertz CT molecular complexity index is 993. The molecular formula is C20H22Cl2N2O3S. The van der Waals surface area contributed by atoms with Gasteiger partial charge in [0.05, 0.1) is 21.0 Å². The Morgan fingerprint density at radius 3 is 2.57 bits per heavy atom. The van der Waals surface area contributed by atoms with Crippen molar-refractivity contribution in [3.63, 3.8) is 0 Å². The Balaban J connectivity index is 1.89. The van der Waals surface area contributed by atoms with E-state index in [1.165, 1.54) is 12.1 Å². The van der Waals surface area contributed by atoms with E-state index in [9.17, 15) is 13.2 Å². The Hall–Kier alpha value is -1.60. The second kappa shape index (κ2) is 8.41. The molecule has 1 unspecified atom stereocenters. The predicted molar refractivity (Wildman–Crippen MR) is 111 cm³/mol. The van der Waals surface area contributed by atoms with Gasteiger partial charge in [-0.3, -0.25) is 4.79 Å². The molecule has 3 rings (SSSR count). The molecule has 1 aliphatic rings. The number of hydrogen-bond donors (Lipinski definition) is 1. The van der Waals surface area contributed by atoms with Crippen LogP contribution in [0, 0.1) is 0 Å². The number of hydrogen-bond acceptors (Lipinski definition) is 3. The first-order chi connectivity index (χ1) is 13.2. The Morgan fingerprint density at radius 1 is 1.14 bits per heavy atom. The van der Waals surface area contributed by atoms with Crippen LogP contribution in [-0.2, 0) is 10.0 Å². The van der Waals surface area contributed by atoms with E-state index in [4.69, 9.17) is 23.2 Å². The topological polar surface area (TPSA) is 66.5 Å². The lowest BCUT2D eigenvalue weighted by molar-refractivity contribution is 0.0735. The summed E-state index contributed by atoms with van der Waals surface area (Å²) in [7, 11) is -3.67. The summed E-state index contributed by atoms with van der Waals surface area (Å²) in [5.74, 6) is -0.199. The lowest BCUT2D eigenvalue weighted by Gasteiger charge is -2.25. The first-order valence-electron chi connectivity index (χ1n) is 9.07. The Labute approximate surface area is 175 Å². The zero-order valence-corrected chi connectivity index (χ0v) is 18.0. The highest BCUT2D eigenvalue weighted by Crippen LogP contribution is 2.36. The SMILES string of the molecule is CC(C)NS(=O)(=O)c1cccc(C(=O)N2CCCC2c2ccc(Cl)c(Cl)c2)c1. The van der Waals surface area contributed by atoms with Crippen molar-refractivity contribution in [3.05, 3.63) is 63.6 Å². The van der Waals surface area contributed by atoms with Crippen molar-refractivity contribution in [2.45, 2.75) is 43.7 Å². The lowest BCUT2D eigenvalue weighted by atomic mass is 10.0. The van der Waals surface area contributed by atoms with Crippen molar-refractivity contribution in [1.29, 1.82) is 0 Å². The maximum absolute atomic E-state index is 13.1. The van der Waals surface area contributed by atoms with Crippen molar-refractivity contribution in [3.8, 4) is 0 Å². The number of carbonyl (C=O) groups excluding carboxylic acids is 1. The zero-order valence-electron chi connectivity index (χ0n) is 15.7. The second-order valence-electron chi connectivity index (χ2n) is 7.13. The van der Waals surface area contributed by atoms with E-state index in [-0.39, 0.29) is 22.9 Å². The van der Waals surface area contributed by atoms with Crippen LogP contribution in [0.15, 0.2) is 47.4 Å². The highest BCUT2D eigenvalue weighted by Gasteiger charge is 2.31. The van der Waals surface area contributed by atoms with Crippen LogP contribution in [-0.4, -0.2) is 31.8 Å². The number of halogens is 2. The Kier molecular flexibility index (Phi) is 6.34. The van der Waals surface area contributed by atoms with Gasteiger partial charge < -0.3 is 4.90 Å². The van der Waals surface area contributed by atoms with Gasteiger partial charge in [-0.1, -0.05) is 35.3 Å². The molecule has 1 fully saturated rings. The third-order valence-corrected chi connectivity index (χ3v) is 7.02. The van der Waals surface area contributed by atoms with Crippen LogP contribution in [0.5, 0.6) is 0 Å². The monoisotopic (exact) mass is 440 g/mol. The van der Waals surface area contributed by atoms with Crippen LogP contribution in [0.3, 0.4) is 0 Å². The fourth-order valence-corrected chi connectivity index (χ4v) is 5.02. The van der Waals surface area contributed by atoms with Crippen LogP contribution in [0.2, 0.25) is 10.0 Å². The minimum Gasteiger partial charge on any atom is -0.332 e. The fourth-order valence-electron chi connectivity index (χ4n) is 3.42.